The molecule has 0 amide bonds. The maximum atomic E-state index is 5.54. The lowest BCUT2D eigenvalue weighted by molar-refractivity contribution is 0.605. The molecule has 1 heterocycles. The topological polar surface area (TPSA) is 50.9 Å². The van der Waals surface area contributed by atoms with Gasteiger partial charge in [-0.3, -0.25) is 16.3 Å². The summed E-state index contributed by atoms with van der Waals surface area (Å²) < 4.78 is 0.261. The predicted molar refractivity (Wildman–Crippen MR) is 66.5 cm³/mol. The molecule has 1 rings (SSSR count). The highest BCUT2D eigenvalue weighted by Gasteiger charge is 2.16. The van der Waals surface area contributed by atoms with E-state index in [1.807, 2.05) is 30.1 Å². The van der Waals surface area contributed by atoms with E-state index >= 15 is 0 Å². The van der Waals surface area contributed by atoms with Gasteiger partial charge in [-0.25, -0.2) is 0 Å². The van der Waals surface area contributed by atoms with E-state index in [0.717, 1.165) is 11.3 Å². The average Bonchev–Trinajstić information content (AvgIpc) is 2.19. The lowest BCUT2D eigenvalue weighted by Crippen LogP contribution is -2.30. The molecule has 0 aromatic carbocycles. The van der Waals surface area contributed by atoms with Gasteiger partial charge in [0.25, 0.3) is 0 Å². The van der Waals surface area contributed by atoms with Crippen LogP contribution >= 0.6 is 11.8 Å². The number of nitrogens with two attached hydrogens (primary N) is 1. The highest BCUT2D eigenvalue weighted by atomic mass is 32.2. The monoisotopic (exact) mass is 225 g/mol. The van der Waals surface area contributed by atoms with E-state index in [4.69, 9.17) is 5.84 Å². The molecule has 0 aliphatic rings. The van der Waals surface area contributed by atoms with Gasteiger partial charge in [0.15, 0.2) is 0 Å². The van der Waals surface area contributed by atoms with Gasteiger partial charge in [-0.05, 0) is 11.6 Å². The number of hydrazine groups is 1. The molecule has 1 atom stereocenters. The van der Waals surface area contributed by atoms with Crippen molar-refractivity contribution in [2.45, 2.75) is 31.6 Å². The third kappa shape index (κ3) is 4.64. The number of thioether (sulfide) groups is 1. The van der Waals surface area contributed by atoms with Gasteiger partial charge in [0.1, 0.15) is 0 Å². The Hall–Kier alpha value is -0.580. The summed E-state index contributed by atoms with van der Waals surface area (Å²) in [6, 6.07) is 4.14. The molecule has 0 aliphatic heterocycles. The lowest BCUT2D eigenvalue weighted by Gasteiger charge is -2.22. The summed E-state index contributed by atoms with van der Waals surface area (Å²) in [7, 11) is 0. The van der Waals surface area contributed by atoms with Crippen LogP contribution in [-0.4, -0.2) is 15.5 Å². The van der Waals surface area contributed by atoms with Crippen molar-refractivity contribution >= 4 is 11.8 Å². The fourth-order valence-electron chi connectivity index (χ4n) is 1.16. The van der Waals surface area contributed by atoms with E-state index in [0.29, 0.717) is 0 Å². The minimum Gasteiger partial charge on any atom is -0.271 e. The largest absolute Gasteiger partial charge is 0.271 e. The van der Waals surface area contributed by atoms with Crippen LogP contribution in [0.25, 0.3) is 0 Å². The predicted octanol–water partition coefficient (Wildman–Crippen LogP) is 2.12. The van der Waals surface area contributed by atoms with Gasteiger partial charge >= 0.3 is 0 Å². The van der Waals surface area contributed by atoms with Gasteiger partial charge in [-0.15, -0.1) is 0 Å². The van der Waals surface area contributed by atoms with Crippen molar-refractivity contribution < 1.29 is 0 Å². The van der Waals surface area contributed by atoms with Crippen LogP contribution in [0.5, 0.6) is 0 Å². The molecule has 0 bridgehead atoms. The van der Waals surface area contributed by atoms with Crippen LogP contribution in [0.2, 0.25) is 0 Å². The molecule has 4 heteroatoms. The second-order valence-corrected chi connectivity index (χ2v) is 6.28. The van der Waals surface area contributed by atoms with Crippen molar-refractivity contribution in [2.24, 2.45) is 5.84 Å². The molecule has 0 radical (unpaired) electrons. The quantitative estimate of drug-likeness (QED) is 0.609. The van der Waals surface area contributed by atoms with Crippen LogP contribution in [0, 0.1) is 0 Å². The van der Waals surface area contributed by atoms with Crippen LogP contribution in [0.4, 0.5) is 0 Å². The minimum atomic E-state index is 0.169. The van der Waals surface area contributed by atoms with Gasteiger partial charge in [0.05, 0.1) is 6.04 Å². The molecule has 3 N–H and O–H groups in total. The molecule has 15 heavy (non-hydrogen) atoms. The first kappa shape index (κ1) is 12.5. The summed E-state index contributed by atoms with van der Waals surface area (Å²) in [5.41, 5.74) is 3.97. The van der Waals surface area contributed by atoms with Gasteiger partial charge in [-0.1, -0.05) is 26.8 Å². The minimum absolute atomic E-state index is 0.169. The first-order valence-electron chi connectivity index (χ1n) is 5.03. The standard InChI is InChI=1S/C11H19N3S/c1-11(2,3)15-8-10(14-12)9-5-4-6-13-7-9/h4-7,10,14H,8,12H2,1-3H3. The summed E-state index contributed by atoms with van der Waals surface area (Å²) >= 11 is 1.89. The highest BCUT2D eigenvalue weighted by Crippen LogP contribution is 2.27. The molecular formula is C11H19N3S. The van der Waals surface area contributed by atoms with Crippen molar-refractivity contribution in [3.8, 4) is 0 Å². The lowest BCUT2D eigenvalue weighted by atomic mass is 10.1. The highest BCUT2D eigenvalue weighted by molar-refractivity contribution is 8.00. The summed E-state index contributed by atoms with van der Waals surface area (Å²) in [5, 5.41) is 0. The maximum absolute atomic E-state index is 5.54. The molecule has 1 aromatic heterocycles. The molecule has 0 saturated carbocycles. The Labute approximate surface area is 95.8 Å². The second kappa shape index (κ2) is 5.49. The van der Waals surface area contributed by atoms with Gasteiger partial charge < -0.3 is 0 Å². The van der Waals surface area contributed by atoms with Gasteiger partial charge in [0.2, 0.25) is 0 Å². The SMILES string of the molecule is CC(C)(C)SCC(NN)c1cccnc1. The molecule has 0 saturated heterocycles. The van der Waals surface area contributed by atoms with E-state index in [2.05, 4.69) is 31.2 Å². The molecule has 84 valence electrons. The van der Waals surface area contributed by atoms with Crippen molar-refractivity contribution in [3.63, 3.8) is 0 Å². The van der Waals surface area contributed by atoms with Crippen LogP contribution < -0.4 is 11.3 Å². The van der Waals surface area contributed by atoms with Gasteiger partial charge in [0, 0.05) is 22.9 Å². The second-order valence-electron chi connectivity index (χ2n) is 4.43. The number of rotatable bonds is 4. The van der Waals surface area contributed by atoms with Crippen LogP contribution in [-0.2, 0) is 0 Å². The molecular weight excluding hydrogens is 206 g/mol. The van der Waals surface area contributed by atoms with Crippen LogP contribution in [0.3, 0.4) is 0 Å². The number of nitrogens with one attached hydrogen (secondary N) is 1. The summed E-state index contributed by atoms with van der Waals surface area (Å²) in [4.78, 5) is 4.09. The van der Waals surface area contributed by atoms with Crippen molar-refractivity contribution in [2.75, 3.05) is 5.75 Å². The molecule has 1 aromatic rings. The summed E-state index contributed by atoms with van der Waals surface area (Å²) in [6.45, 7) is 6.61. The number of hydrogen-bond donors (Lipinski definition) is 2. The van der Waals surface area contributed by atoms with Crippen molar-refractivity contribution in [3.05, 3.63) is 30.1 Å². The van der Waals surface area contributed by atoms with Crippen LogP contribution in [0.1, 0.15) is 32.4 Å². The van der Waals surface area contributed by atoms with Crippen LogP contribution in [0.15, 0.2) is 24.5 Å². The Morgan fingerprint density at radius 1 is 1.53 bits per heavy atom. The van der Waals surface area contributed by atoms with E-state index in [1.165, 1.54) is 0 Å². The van der Waals surface area contributed by atoms with Gasteiger partial charge in [-0.2, -0.15) is 11.8 Å². The third-order valence-electron chi connectivity index (χ3n) is 1.97. The van der Waals surface area contributed by atoms with E-state index in [9.17, 15) is 0 Å². The number of pyridine rings is 1. The number of nitrogens with zero attached hydrogens (tertiary/aromatic N) is 1. The average molecular weight is 225 g/mol. The molecule has 0 fully saturated rings. The molecule has 0 aliphatic carbocycles. The fourth-order valence-corrected chi connectivity index (χ4v) is 2.11. The molecule has 3 nitrogen and oxygen atoms in total. The summed E-state index contributed by atoms with van der Waals surface area (Å²) in [5.74, 6) is 6.49. The number of hydrogen-bond acceptors (Lipinski definition) is 4. The first-order chi connectivity index (χ1) is 7.03. The zero-order chi connectivity index (χ0) is 11.3. The van der Waals surface area contributed by atoms with E-state index < -0.39 is 0 Å². The Morgan fingerprint density at radius 2 is 2.27 bits per heavy atom. The Kier molecular flexibility index (Phi) is 4.57. The van der Waals surface area contributed by atoms with Crippen molar-refractivity contribution in [1.29, 1.82) is 0 Å². The third-order valence-corrected chi connectivity index (χ3v) is 3.34. The van der Waals surface area contributed by atoms with E-state index in [1.54, 1.807) is 6.20 Å². The Balaban J connectivity index is 2.58. The smallest absolute Gasteiger partial charge is 0.0565 e. The molecule has 1 unspecified atom stereocenters. The zero-order valence-electron chi connectivity index (χ0n) is 9.53. The molecule has 0 spiro atoms. The summed E-state index contributed by atoms with van der Waals surface area (Å²) in [6.07, 6.45) is 3.63. The zero-order valence-corrected chi connectivity index (χ0v) is 10.3. The Morgan fingerprint density at radius 3 is 2.73 bits per heavy atom. The maximum Gasteiger partial charge on any atom is 0.0565 e. The van der Waals surface area contributed by atoms with Crippen molar-refractivity contribution in [1.82, 2.24) is 10.4 Å². The first-order valence-corrected chi connectivity index (χ1v) is 6.01. The van der Waals surface area contributed by atoms with E-state index in [-0.39, 0.29) is 10.8 Å². The Bertz CT molecular complexity index is 282. The fraction of sp³-hybridized carbons (Fsp3) is 0.545. The number of aromatic nitrogens is 1. The normalized spacial score (nSPS) is 13.9.